The topological polar surface area (TPSA) is 57.6 Å². The first kappa shape index (κ1) is 16.1. The number of morpholine rings is 1. The molecule has 0 spiro atoms. The number of pyridine rings is 1. The van der Waals surface area contributed by atoms with Crippen LogP contribution in [0, 0.1) is 5.82 Å². The van der Waals surface area contributed by atoms with Crippen molar-refractivity contribution in [3.63, 3.8) is 0 Å². The highest BCUT2D eigenvalue weighted by Crippen LogP contribution is 2.24. The molecule has 0 radical (unpaired) electrons. The van der Waals surface area contributed by atoms with Crippen LogP contribution in [0.25, 0.3) is 10.9 Å². The van der Waals surface area contributed by atoms with Crippen LogP contribution in [0.1, 0.15) is 6.92 Å². The average molecular weight is 319 g/mol. The summed E-state index contributed by atoms with van der Waals surface area (Å²) < 4.78 is 19.1. The Kier molecular flexibility index (Phi) is 4.75. The molecule has 1 aliphatic rings. The maximum atomic E-state index is 13.8. The molecule has 2 N–H and O–H groups in total. The third kappa shape index (κ3) is 3.96. The average Bonchev–Trinajstić information content (AvgIpc) is 2.54. The van der Waals surface area contributed by atoms with Crippen LogP contribution >= 0.6 is 0 Å². The lowest BCUT2D eigenvalue weighted by molar-refractivity contribution is -0.0163. The Balaban J connectivity index is 1.68. The number of benzene rings is 1. The third-order valence-electron chi connectivity index (χ3n) is 4.05. The Morgan fingerprint density at radius 2 is 2.13 bits per heavy atom. The van der Waals surface area contributed by atoms with E-state index >= 15 is 0 Å². The zero-order valence-corrected chi connectivity index (χ0v) is 13.3. The normalized spacial score (nSPS) is 18.7. The zero-order valence-electron chi connectivity index (χ0n) is 13.3. The highest BCUT2D eigenvalue weighted by molar-refractivity contribution is 5.91. The van der Waals surface area contributed by atoms with Crippen molar-refractivity contribution in [2.75, 3.05) is 44.7 Å². The molecule has 1 aromatic heterocycles. The van der Waals surface area contributed by atoms with Gasteiger partial charge in [0.05, 0.1) is 18.8 Å². The number of aliphatic hydroxyl groups is 1. The summed E-state index contributed by atoms with van der Waals surface area (Å²) in [6.07, 6.45) is 1.57. The van der Waals surface area contributed by atoms with Crippen molar-refractivity contribution >= 4 is 16.6 Å². The van der Waals surface area contributed by atoms with E-state index in [0.29, 0.717) is 31.8 Å². The fourth-order valence-corrected chi connectivity index (χ4v) is 2.88. The summed E-state index contributed by atoms with van der Waals surface area (Å²) in [5.74, 6) is -0.341. The van der Waals surface area contributed by atoms with Crippen LogP contribution in [0.15, 0.2) is 30.5 Å². The molecule has 5 nitrogen and oxygen atoms in total. The predicted molar refractivity (Wildman–Crippen MR) is 88.1 cm³/mol. The molecule has 1 fully saturated rings. The van der Waals surface area contributed by atoms with Gasteiger partial charge in [-0.2, -0.15) is 0 Å². The van der Waals surface area contributed by atoms with Crippen LogP contribution in [-0.2, 0) is 4.74 Å². The number of nitrogens with zero attached hydrogens (tertiary/aromatic N) is 2. The fourth-order valence-electron chi connectivity index (χ4n) is 2.88. The molecule has 0 amide bonds. The highest BCUT2D eigenvalue weighted by atomic mass is 19.1. The van der Waals surface area contributed by atoms with Gasteiger partial charge in [0.2, 0.25) is 0 Å². The van der Waals surface area contributed by atoms with Crippen molar-refractivity contribution in [2.24, 2.45) is 0 Å². The molecule has 3 rings (SSSR count). The number of fused-ring (bicyclic) bond motifs is 1. The second kappa shape index (κ2) is 6.78. The molecule has 0 saturated carbocycles. The zero-order chi connectivity index (χ0) is 16.3. The van der Waals surface area contributed by atoms with Crippen molar-refractivity contribution < 1.29 is 14.2 Å². The lowest BCUT2D eigenvalue weighted by atomic mass is 10.1. The lowest BCUT2D eigenvalue weighted by Crippen LogP contribution is -2.49. The number of halogens is 1. The van der Waals surface area contributed by atoms with E-state index in [1.54, 1.807) is 25.3 Å². The molecule has 2 heterocycles. The van der Waals surface area contributed by atoms with Gasteiger partial charge >= 0.3 is 0 Å². The van der Waals surface area contributed by atoms with E-state index in [4.69, 9.17) is 4.74 Å². The number of hydrogen-bond donors (Lipinski definition) is 2. The van der Waals surface area contributed by atoms with Gasteiger partial charge in [-0.3, -0.25) is 9.88 Å². The smallest absolute Gasteiger partial charge is 0.149 e. The molecule has 0 unspecified atom stereocenters. The van der Waals surface area contributed by atoms with Crippen molar-refractivity contribution in [3.8, 4) is 0 Å². The van der Waals surface area contributed by atoms with Crippen molar-refractivity contribution in [1.29, 1.82) is 0 Å². The number of ether oxygens (including phenoxy) is 1. The number of para-hydroxylation sites is 1. The molecule has 23 heavy (non-hydrogen) atoms. The molecule has 1 saturated heterocycles. The number of rotatable bonds is 5. The fraction of sp³-hybridized carbons (Fsp3) is 0.471. The van der Waals surface area contributed by atoms with Crippen LogP contribution in [0.5, 0.6) is 0 Å². The Labute approximate surface area is 135 Å². The van der Waals surface area contributed by atoms with Gasteiger partial charge in [0.15, 0.2) is 0 Å². The lowest BCUT2D eigenvalue weighted by Gasteiger charge is -2.34. The number of nitrogens with one attached hydrogen (secondary N) is 1. The first-order chi connectivity index (χ1) is 11.1. The monoisotopic (exact) mass is 319 g/mol. The highest BCUT2D eigenvalue weighted by Gasteiger charge is 2.25. The molecule has 0 bridgehead atoms. The van der Waals surface area contributed by atoms with E-state index in [-0.39, 0.29) is 5.82 Å². The second-order valence-corrected chi connectivity index (χ2v) is 6.23. The quantitative estimate of drug-likeness (QED) is 0.881. The summed E-state index contributed by atoms with van der Waals surface area (Å²) in [4.78, 5) is 6.27. The summed E-state index contributed by atoms with van der Waals surface area (Å²) in [6, 6.07) is 6.68. The molecule has 6 heteroatoms. The van der Waals surface area contributed by atoms with Gasteiger partial charge in [0, 0.05) is 43.4 Å². The van der Waals surface area contributed by atoms with Gasteiger partial charge < -0.3 is 15.2 Å². The maximum Gasteiger partial charge on any atom is 0.149 e. The van der Waals surface area contributed by atoms with Crippen LogP contribution in [0.2, 0.25) is 0 Å². The summed E-state index contributed by atoms with van der Waals surface area (Å²) >= 11 is 0. The Bertz CT molecular complexity index is 672. The van der Waals surface area contributed by atoms with Gasteiger partial charge in [0.25, 0.3) is 0 Å². The predicted octanol–water partition coefficient (Wildman–Crippen LogP) is 1.87. The van der Waals surface area contributed by atoms with Gasteiger partial charge in [-0.15, -0.1) is 0 Å². The minimum atomic E-state index is -0.889. The number of anilines is 1. The second-order valence-electron chi connectivity index (χ2n) is 6.23. The Hall–Kier alpha value is -1.76. The third-order valence-corrected chi connectivity index (χ3v) is 4.05. The molecular weight excluding hydrogens is 297 g/mol. The summed E-state index contributed by atoms with van der Waals surface area (Å²) in [5.41, 5.74) is 0.224. The van der Waals surface area contributed by atoms with Gasteiger partial charge in [0.1, 0.15) is 11.3 Å². The van der Waals surface area contributed by atoms with E-state index in [1.807, 2.05) is 6.07 Å². The van der Waals surface area contributed by atoms with Crippen molar-refractivity contribution in [2.45, 2.75) is 12.5 Å². The summed E-state index contributed by atoms with van der Waals surface area (Å²) in [6.45, 7) is 5.83. The standard InChI is InChI=1S/C17H22FN3O2/c1-17(22,12-21-7-9-23-10-8-21)11-20-15-5-6-19-16-13(15)3-2-4-14(16)18/h2-6,22H,7-12H2,1H3,(H,19,20)/t17-/m1/s1. The molecule has 124 valence electrons. The number of β-amino-alcohol motifs (C(OH)–C–C–N with tert-alkyl or cyclic N) is 1. The SMILES string of the molecule is C[C@@](O)(CNc1ccnc2c(F)cccc12)CN1CCOCC1. The number of hydrogen-bond acceptors (Lipinski definition) is 5. The molecule has 0 aliphatic carbocycles. The van der Waals surface area contributed by atoms with Gasteiger partial charge in [-0.05, 0) is 19.1 Å². The van der Waals surface area contributed by atoms with Crippen LogP contribution in [0.3, 0.4) is 0 Å². The van der Waals surface area contributed by atoms with Crippen molar-refractivity contribution in [1.82, 2.24) is 9.88 Å². The minimum Gasteiger partial charge on any atom is -0.387 e. The van der Waals surface area contributed by atoms with E-state index < -0.39 is 5.60 Å². The molecule has 2 aromatic rings. The van der Waals surface area contributed by atoms with E-state index in [2.05, 4.69) is 15.2 Å². The van der Waals surface area contributed by atoms with Gasteiger partial charge in [-0.1, -0.05) is 12.1 Å². The van der Waals surface area contributed by atoms with Crippen molar-refractivity contribution in [3.05, 3.63) is 36.3 Å². The summed E-state index contributed by atoms with van der Waals surface area (Å²) in [5, 5.41) is 14.6. The Morgan fingerprint density at radius 1 is 1.35 bits per heavy atom. The minimum absolute atomic E-state index is 0.338. The van der Waals surface area contributed by atoms with E-state index in [9.17, 15) is 9.50 Å². The first-order valence-corrected chi connectivity index (χ1v) is 7.85. The maximum absolute atomic E-state index is 13.8. The van der Waals surface area contributed by atoms with Crippen LogP contribution < -0.4 is 5.32 Å². The van der Waals surface area contributed by atoms with E-state index in [1.165, 1.54) is 6.07 Å². The molecule has 1 atom stereocenters. The van der Waals surface area contributed by atoms with Gasteiger partial charge in [-0.25, -0.2) is 4.39 Å². The largest absolute Gasteiger partial charge is 0.387 e. The Morgan fingerprint density at radius 3 is 2.91 bits per heavy atom. The number of aromatic nitrogens is 1. The first-order valence-electron chi connectivity index (χ1n) is 7.85. The summed E-state index contributed by atoms with van der Waals surface area (Å²) in [7, 11) is 0. The van der Waals surface area contributed by atoms with Crippen LogP contribution in [0.4, 0.5) is 10.1 Å². The van der Waals surface area contributed by atoms with Crippen LogP contribution in [-0.4, -0.2) is 60.0 Å². The molecule has 1 aliphatic heterocycles. The van der Waals surface area contributed by atoms with E-state index in [0.717, 1.165) is 24.2 Å². The molecule has 1 aromatic carbocycles. The molecular formula is C17H22FN3O2.